The molecule has 168 valence electrons. The summed E-state index contributed by atoms with van der Waals surface area (Å²) < 4.78 is 16.4. The van der Waals surface area contributed by atoms with E-state index in [1.807, 2.05) is 16.7 Å². The summed E-state index contributed by atoms with van der Waals surface area (Å²) in [4.78, 5) is 12.3. The van der Waals surface area contributed by atoms with Crippen LogP contribution in [0.3, 0.4) is 0 Å². The molecule has 1 N–H and O–H groups in total. The van der Waals surface area contributed by atoms with Crippen molar-refractivity contribution in [2.24, 2.45) is 0 Å². The van der Waals surface area contributed by atoms with E-state index >= 15 is 0 Å². The van der Waals surface area contributed by atoms with Gasteiger partial charge in [0.2, 0.25) is 5.91 Å². The molecular weight excluding hydrogens is 558 g/mol. The van der Waals surface area contributed by atoms with Gasteiger partial charge in [0, 0.05) is 26.8 Å². The zero-order valence-corrected chi connectivity index (χ0v) is 21.4. The van der Waals surface area contributed by atoms with Crippen LogP contribution in [0, 0.1) is 5.82 Å². The number of hydrogen-bond acceptors (Lipinski definition) is 5. The fraction of sp³-hybridized carbons (Fsp3) is 0.190. The number of hydrogen-bond donors (Lipinski definition) is 1. The number of rotatable bonds is 10. The lowest BCUT2D eigenvalue weighted by Crippen LogP contribution is -2.15. The Morgan fingerprint density at radius 2 is 2.03 bits per heavy atom. The Hall–Kier alpha value is -1.52. The van der Waals surface area contributed by atoms with Gasteiger partial charge in [-0.05, 0) is 35.9 Å². The van der Waals surface area contributed by atoms with E-state index in [0.717, 1.165) is 11.4 Å². The van der Waals surface area contributed by atoms with E-state index in [4.69, 9.17) is 23.2 Å². The van der Waals surface area contributed by atoms with Crippen LogP contribution in [0.4, 0.5) is 10.1 Å². The Morgan fingerprint density at radius 1 is 1.22 bits per heavy atom. The summed E-state index contributed by atoms with van der Waals surface area (Å²) in [5.41, 5.74) is 1.12. The van der Waals surface area contributed by atoms with Crippen LogP contribution in [-0.2, 0) is 22.8 Å². The normalized spacial score (nSPS) is 10.9. The van der Waals surface area contributed by atoms with Crippen LogP contribution in [0.5, 0.6) is 0 Å². The quantitative estimate of drug-likeness (QED) is 0.212. The van der Waals surface area contributed by atoms with E-state index in [1.165, 1.54) is 23.9 Å². The van der Waals surface area contributed by atoms with Crippen molar-refractivity contribution in [2.75, 3.05) is 11.1 Å². The molecule has 0 aliphatic carbocycles. The van der Waals surface area contributed by atoms with Gasteiger partial charge >= 0.3 is 0 Å². The number of aromatic nitrogens is 3. The highest BCUT2D eigenvalue weighted by molar-refractivity contribution is 9.10. The summed E-state index contributed by atoms with van der Waals surface area (Å²) in [7, 11) is 0. The fourth-order valence-electron chi connectivity index (χ4n) is 2.64. The maximum Gasteiger partial charge on any atom is 0.234 e. The molecule has 1 aromatic heterocycles. The topological polar surface area (TPSA) is 59.8 Å². The van der Waals surface area contributed by atoms with Gasteiger partial charge in [0.1, 0.15) is 11.6 Å². The summed E-state index contributed by atoms with van der Waals surface area (Å²) in [6.45, 7) is 4.30. The van der Waals surface area contributed by atoms with Gasteiger partial charge in [0.15, 0.2) is 5.16 Å². The maximum absolute atomic E-state index is 13.9. The Morgan fingerprint density at radius 3 is 2.75 bits per heavy atom. The lowest BCUT2D eigenvalue weighted by Gasteiger charge is -2.09. The van der Waals surface area contributed by atoms with Gasteiger partial charge in [0.05, 0.1) is 17.2 Å². The summed E-state index contributed by atoms with van der Waals surface area (Å²) in [6.07, 6.45) is 1.74. The smallest absolute Gasteiger partial charge is 0.234 e. The van der Waals surface area contributed by atoms with Gasteiger partial charge in [-0.25, -0.2) is 4.39 Å². The molecule has 0 saturated carbocycles. The number of nitrogens with zero attached hydrogens (tertiary/aromatic N) is 3. The standard InChI is InChI=1S/C21H18BrCl2FN4OS2/c1-2-7-29-19(11-31-10-13-3-5-15(23)9-16(13)24)27-28-21(29)32-12-20(30)26-18-6-4-14(22)8-17(18)25/h2-6,8-9H,1,7,10-12H2,(H,26,30). The summed E-state index contributed by atoms with van der Waals surface area (Å²) in [6, 6.07) is 9.89. The van der Waals surface area contributed by atoms with E-state index in [-0.39, 0.29) is 17.3 Å². The molecule has 0 unspecified atom stereocenters. The molecule has 0 aliphatic heterocycles. The highest BCUT2D eigenvalue weighted by Crippen LogP contribution is 2.27. The lowest BCUT2D eigenvalue weighted by atomic mass is 10.2. The van der Waals surface area contributed by atoms with Gasteiger partial charge in [-0.1, -0.05) is 63.0 Å². The number of benzene rings is 2. The van der Waals surface area contributed by atoms with Gasteiger partial charge in [-0.2, -0.15) is 0 Å². The average Bonchev–Trinajstić information content (AvgIpc) is 3.12. The molecule has 11 heteroatoms. The second-order valence-corrected chi connectivity index (χ2v) is 10.2. The van der Waals surface area contributed by atoms with Crippen molar-refractivity contribution in [2.45, 2.75) is 23.2 Å². The van der Waals surface area contributed by atoms with Crippen molar-refractivity contribution in [3.05, 3.63) is 80.8 Å². The predicted molar refractivity (Wildman–Crippen MR) is 135 cm³/mol. The molecular formula is C21H18BrCl2FN4OS2. The first kappa shape index (κ1) is 25.1. The Labute approximate surface area is 212 Å². The van der Waals surface area contributed by atoms with E-state index in [9.17, 15) is 9.18 Å². The Kier molecular flexibility index (Phi) is 9.48. The number of carbonyl (C=O) groups excluding carboxylic acids is 1. The van der Waals surface area contributed by atoms with Crippen LogP contribution in [0.15, 0.2) is 58.7 Å². The summed E-state index contributed by atoms with van der Waals surface area (Å²) in [5, 5.41) is 12.9. The van der Waals surface area contributed by atoms with Crippen LogP contribution in [0.2, 0.25) is 10.0 Å². The van der Waals surface area contributed by atoms with Crippen LogP contribution in [0.25, 0.3) is 0 Å². The van der Waals surface area contributed by atoms with Crippen LogP contribution in [0.1, 0.15) is 11.4 Å². The first-order chi connectivity index (χ1) is 15.4. The minimum atomic E-state index is -0.507. The number of anilines is 1. The van der Waals surface area contributed by atoms with Gasteiger partial charge < -0.3 is 9.88 Å². The van der Waals surface area contributed by atoms with E-state index < -0.39 is 5.82 Å². The fourth-order valence-corrected chi connectivity index (χ4v) is 5.27. The largest absolute Gasteiger partial charge is 0.323 e. The third kappa shape index (κ3) is 6.99. The first-order valence-electron chi connectivity index (χ1n) is 9.29. The number of allylic oxidation sites excluding steroid dienone is 1. The molecule has 0 saturated heterocycles. The SMILES string of the molecule is C=CCn1c(CSCc2ccc(Cl)cc2Cl)nnc1SCC(=O)Nc1ccc(Br)cc1F. The third-order valence-corrected chi connectivity index (χ3v) is 7.17. The van der Waals surface area contributed by atoms with E-state index in [1.54, 1.807) is 30.0 Å². The minimum Gasteiger partial charge on any atom is -0.323 e. The van der Waals surface area contributed by atoms with Crippen molar-refractivity contribution in [1.29, 1.82) is 0 Å². The second kappa shape index (κ2) is 12.1. The highest BCUT2D eigenvalue weighted by Gasteiger charge is 2.15. The molecule has 0 fully saturated rings. The van der Waals surface area contributed by atoms with Crippen LogP contribution >= 0.6 is 62.7 Å². The number of halogens is 4. The second-order valence-electron chi connectivity index (χ2n) is 6.49. The molecule has 0 aliphatic rings. The molecule has 5 nitrogen and oxygen atoms in total. The Bertz CT molecular complexity index is 1130. The molecule has 0 spiro atoms. The third-order valence-electron chi connectivity index (χ3n) is 4.15. The maximum atomic E-state index is 13.9. The molecule has 0 bridgehead atoms. The van der Waals surface area contributed by atoms with E-state index in [2.05, 4.69) is 38.0 Å². The first-order valence-corrected chi connectivity index (χ1v) is 13.0. The minimum absolute atomic E-state index is 0.0678. The number of thioether (sulfide) groups is 2. The van der Waals surface area contributed by atoms with Gasteiger partial charge in [-0.15, -0.1) is 28.5 Å². The summed E-state index contributed by atoms with van der Waals surface area (Å²) in [5.74, 6) is 1.29. The van der Waals surface area contributed by atoms with Crippen molar-refractivity contribution in [3.8, 4) is 0 Å². The molecule has 1 heterocycles. The molecule has 0 atom stereocenters. The van der Waals surface area contributed by atoms with Gasteiger partial charge in [-0.3, -0.25) is 4.79 Å². The number of amides is 1. The van der Waals surface area contributed by atoms with E-state index in [0.29, 0.717) is 37.7 Å². The predicted octanol–water partition coefficient (Wildman–Crippen LogP) is 6.84. The molecule has 3 rings (SSSR count). The van der Waals surface area contributed by atoms with Crippen molar-refractivity contribution < 1.29 is 9.18 Å². The zero-order valence-electron chi connectivity index (χ0n) is 16.7. The Balaban J connectivity index is 1.58. The number of carbonyl (C=O) groups is 1. The molecule has 2 aromatic carbocycles. The van der Waals surface area contributed by atoms with Crippen molar-refractivity contribution in [3.63, 3.8) is 0 Å². The molecule has 32 heavy (non-hydrogen) atoms. The van der Waals surface area contributed by atoms with Gasteiger partial charge in [0.25, 0.3) is 0 Å². The average molecular weight is 576 g/mol. The molecule has 1 amide bonds. The van der Waals surface area contributed by atoms with Crippen molar-refractivity contribution >= 4 is 74.3 Å². The molecule has 0 radical (unpaired) electrons. The van der Waals surface area contributed by atoms with Crippen LogP contribution in [-0.4, -0.2) is 26.4 Å². The lowest BCUT2D eigenvalue weighted by molar-refractivity contribution is -0.113. The van der Waals surface area contributed by atoms with Crippen LogP contribution < -0.4 is 5.32 Å². The number of nitrogens with one attached hydrogen (secondary N) is 1. The highest BCUT2D eigenvalue weighted by atomic mass is 79.9. The zero-order chi connectivity index (χ0) is 23.1. The van der Waals surface area contributed by atoms with Crippen molar-refractivity contribution in [1.82, 2.24) is 14.8 Å². The molecule has 3 aromatic rings. The summed E-state index contributed by atoms with van der Waals surface area (Å²) >= 11 is 18.2. The monoisotopic (exact) mass is 574 g/mol.